The second-order valence-corrected chi connectivity index (χ2v) is 6.99. The van der Waals surface area contributed by atoms with Gasteiger partial charge in [0.2, 0.25) is 0 Å². The zero-order chi connectivity index (χ0) is 20.5. The Morgan fingerprint density at radius 1 is 1.14 bits per heavy atom. The number of hydrogen-bond donors (Lipinski definition) is 1. The first-order valence-electron chi connectivity index (χ1n) is 9.22. The third-order valence-electron chi connectivity index (χ3n) is 3.89. The van der Waals surface area contributed by atoms with Gasteiger partial charge in [0.25, 0.3) is 5.91 Å². The fourth-order valence-corrected chi connectivity index (χ4v) is 2.47. The van der Waals surface area contributed by atoms with Gasteiger partial charge in [-0.05, 0) is 49.6 Å². The van der Waals surface area contributed by atoms with Crippen molar-refractivity contribution in [2.75, 3.05) is 25.6 Å². The van der Waals surface area contributed by atoms with E-state index in [1.165, 1.54) is 6.21 Å². The molecule has 0 atom stereocenters. The third kappa shape index (κ3) is 6.61. The lowest BCUT2D eigenvalue weighted by Crippen LogP contribution is -2.17. The molecule has 0 fully saturated rings. The summed E-state index contributed by atoms with van der Waals surface area (Å²) in [6.07, 6.45) is 1.53. The molecule has 0 spiro atoms. The first kappa shape index (κ1) is 21.3. The summed E-state index contributed by atoms with van der Waals surface area (Å²) in [5.41, 5.74) is 3.70. The van der Waals surface area contributed by atoms with Crippen molar-refractivity contribution in [2.45, 2.75) is 27.7 Å². The Morgan fingerprint density at radius 2 is 1.93 bits per heavy atom. The zero-order valence-electron chi connectivity index (χ0n) is 17.1. The Bertz CT molecular complexity index is 831. The number of carbonyl (C=O) groups excluding carboxylic acids is 1. The van der Waals surface area contributed by atoms with Crippen LogP contribution in [0.25, 0.3) is 0 Å². The Kier molecular flexibility index (Phi) is 7.87. The predicted octanol–water partition coefficient (Wildman–Crippen LogP) is 4.34. The second kappa shape index (κ2) is 10.3. The van der Waals surface area contributed by atoms with E-state index in [9.17, 15) is 4.79 Å². The van der Waals surface area contributed by atoms with E-state index < -0.39 is 0 Å². The molecule has 0 unspecified atom stereocenters. The van der Waals surface area contributed by atoms with Gasteiger partial charge in [0.05, 0.1) is 19.9 Å². The smallest absolute Gasteiger partial charge is 0.265 e. The van der Waals surface area contributed by atoms with Gasteiger partial charge in [0.1, 0.15) is 0 Å². The fourth-order valence-electron chi connectivity index (χ4n) is 2.47. The van der Waals surface area contributed by atoms with Crippen LogP contribution in [0, 0.1) is 19.8 Å². The van der Waals surface area contributed by atoms with Crippen molar-refractivity contribution in [1.29, 1.82) is 0 Å². The Morgan fingerprint density at radius 3 is 2.61 bits per heavy atom. The predicted molar refractivity (Wildman–Crippen MR) is 111 cm³/mol. The highest BCUT2D eigenvalue weighted by Gasteiger charge is 2.07. The Labute approximate surface area is 166 Å². The van der Waals surface area contributed by atoms with Crippen LogP contribution in [0.1, 0.15) is 30.5 Å². The van der Waals surface area contributed by atoms with E-state index in [-0.39, 0.29) is 12.5 Å². The molecule has 6 nitrogen and oxygen atoms in total. The lowest BCUT2D eigenvalue weighted by atomic mass is 10.1. The van der Waals surface area contributed by atoms with Gasteiger partial charge < -0.3 is 19.6 Å². The van der Waals surface area contributed by atoms with E-state index >= 15 is 0 Å². The van der Waals surface area contributed by atoms with Gasteiger partial charge >= 0.3 is 0 Å². The number of rotatable bonds is 9. The van der Waals surface area contributed by atoms with Crippen molar-refractivity contribution in [2.24, 2.45) is 11.1 Å². The molecule has 0 saturated heterocycles. The van der Waals surface area contributed by atoms with Crippen LogP contribution in [-0.2, 0) is 9.63 Å². The zero-order valence-corrected chi connectivity index (χ0v) is 17.1. The maximum absolute atomic E-state index is 12.0. The Balaban J connectivity index is 1.87. The minimum atomic E-state index is -0.265. The molecule has 0 bridgehead atoms. The van der Waals surface area contributed by atoms with Crippen LogP contribution in [-0.4, -0.2) is 32.4 Å². The van der Waals surface area contributed by atoms with E-state index in [2.05, 4.69) is 24.3 Å². The fraction of sp³-hybridized carbons (Fsp3) is 0.364. The molecule has 0 aliphatic carbocycles. The molecule has 2 rings (SSSR count). The standard InChI is InChI=1S/C22H28N2O4/c1-15(2)13-27-20-9-7-18(11-21(20)26-5)12-23-28-14-22(25)24-19-8-6-16(3)10-17(19)4/h6-12,15H,13-14H2,1-5H3,(H,24,25)/b23-12-. The molecule has 2 aromatic carbocycles. The van der Waals surface area contributed by atoms with Crippen LogP contribution in [0.3, 0.4) is 0 Å². The van der Waals surface area contributed by atoms with Crippen LogP contribution in [0.15, 0.2) is 41.6 Å². The molecule has 6 heteroatoms. The highest BCUT2D eigenvalue weighted by atomic mass is 16.6. The van der Waals surface area contributed by atoms with Gasteiger partial charge in [-0.15, -0.1) is 0 Å². The minimum Gasteiger partial charge on any atom is -0.493 e. The summed E-state index contributed by atoms with van der Waals surface area (Å²) in [6, 6.07) is 11.3. The van der Waals surface area contributed by atoms with Gasteiger partial charge in [-0.25, -0.2) is 0 Å². The molecule has 150 valence electrons. The number of hydrogen-bond acceptors (Lipinski definition) is 5. The van der Waals surface area contributed by atoms with Crippen molar-refractivity contribution in [3.63, 3.8) is 0 Å². The number of nitrogens with zero attached hydrogens (tertiary/aromatic N) is 1. The molecule has 2 aromatic rings. The molecule has 1 N–H and O–H groups in total. The van der Waals surface area contributed by atoms with Crippen molar-refractivity contribution in [3.8, 4) is 11.5 Å². The van der Waals surface area contributed by atoms with Crippen molar-refractivity contribution < 1.29 is 19.1 Å². The highest BCUT2D eigenvalue weighted by Crippen LogP contribution is 2.28. The summed E-state index contributed by atoms with van der Waals surface area (Å²) < 4.78 is 11.1. The van der Waals surface area contributed by atoms with Crippen LogP contribution in [0.2, 0.25) is 0 Å². The average Bonchev–Trinajstić information content (AvgIpc) is 2.66. The first-order chi connectivity index (χ1) is 13.4. The number of aryl methyl sites for hydroxylation is 2. The number of anilines is 1. The highest BCUT2D eigenvalue weighted by molar-refractivity contribution is 5.92. The van der Waals surface area contributed by atoms with Crippen LogP contribution < -0.4 is 14.8 Å². The number of benzene rings is 2. The minimum absolute atomic E-state index is 0.170. The van der Waals surface area contributed by atoms with Crippen molar-refractivity contribution in [3.05, 3.63) is 53.1 Å². The maximum Gasteiger partial charge on any atom is 0.265 e. The molecule has 0 aliphatic rings. The third-order valence-corrected chi connectivity index (χ3v) is 3.89. The molecule has 0 aromatic heterocycles. The van der Waals surface area contributed by atoms with Crippen LogP contribution in [0.5, 0.6) is 11.5 Å². The number of methoxy groups -OCH3 is 1. The van der Waals surface area contributed by atoms with E-state index in [1.54, 1.807) is 13.2 Å². The SMILES string of the molecule is COc1cc(/C=N\OCC(=O)Nc2ccc(C)cc2C)ccc1OCC(C)C. The van der Waals surface area contributed by atoms with Crippen molar-refractivity contribution in [1.82, 2.24) is 0 Å². The summed E-state index contributed by atoms with van der Waals surface area (Å²) in [5, 5.41) is 6.67. The van der Waals surface area contributed by atoms with E-state index in [0.29, 0.717) is 24.0 Å². The Hall–Kier alpha value is -3.02. The quantitative estimate of drug-likeness (QED) is 0.516. The molecule has 28 heavy (non-hydrogen) atoms. The number of carbonyl (C=O) groups is 1. The maximum atomic E-state index is 12.0. The molecule has 0 heterocycles. The summed E-state index contributed by atoms with van der Waals surface area (Å²) in [5.74, 6) is 1.47. The van der Waals surface area contributed by atoms with E-state index in [4.69, 9.17) is 14.3 Å². The largest absolute Gasteiger partial charge is 0.493 e. The molecule has 1 amide bonds. The second-order valence-electron chi connectivity index (χ2n) is 6.99. The summed E-state index contributed by atoms with van der Waals surface area (Å²) in [4.78, 5) is 17.1. The number of oxime groups is 1. The van der Waals surface area contributed by atoms with Gasteiger partial charge in [-0.2, -0.15) is 0 Å². The normalized spacial score (nSPS) is 10.9. The molecule has 0 radical (unpaired) electrons. The topological polar surface area (TPSA) is 69.2 Å². The number of nitrogens with one attached hydrogen (secondary N) is 1. The van der Waals surface area contributed by atoms with E-state index in [1.807, 2.05) is 44.2 Å². The molecular formula is C22H28N2O4. The summed E-state index contributed by atoms with van der Waals surface area (Å²) in [7, 11) is 1.59. The van der Waals surface area contributed by atoms with Gasteiger partial charge in [-0.3, -0.25) is 4.79 Å². The lowest BCUT2D eigenvalue weighted by molar-refractivity contribution is -0.120. The molecular weight excluding hydrogens is 356 g/mol. The average molecular weight is 384 g/mol. The van der Waals surface area contributed by atoms with Crippen molar-refractivity contribution >= 4 is 17.8 Å². The van der Waals surface area contributed by atoms with Crippen LogP contribution in [0.4, 0.5) is 5.69 Å². The van der Waals surface area contributed by atoms with Crippen LogP contribution >= 0.6 is 0 Å². The summed E-state index contributed by atoms with van der Waals surface area (Å²) >= 11 is 0. The number of ether oxygens (including phenoxy) is 2. The van der Waals surface area contributed by atoms with Gasteiger partial charge in [0.15, 0.2) is 18.1 Å². The molecule has 0 saturated carbocycles. The monoisotopic (exact) mass is 384 g/mol. The van der Waals surface area contributed by atoms with Gasteiger partial charge in [-0.1, -0.05) is 36.7 Å². The lowest BCUT2D eigenvalue weighted by Gasteiger charge is -2.12. The van der Waals surface area contributed by atoms with Gasteiger partial charge in [0, 0.05) is 11.3 Å². The summed E-state index contributed by atoms with van der Waals surface area (Å²) in [6.45, 7) is 8.57. The number of amides is 1. The van der Waals surface area contributed by atoms with E-state index in [0.717, 1.165) is 22.4 Å². The molecule has 0 aliphatic heterocycles. The first-order valence-corrected chi connectivity index (χ1v) is 9.22.